The number of carbonyl (C=O) groups is 1. The Labute approximate surface area is 121 Å². The maximum Gasteiger partial charge on any atom is 0.241 e. The van der Waals surface area contributed by atoms with E-state index in [1.54, 1.807) is 11.4 Å². The van der Waals surface area contributed by atoms with Crippen LogP contribution in [0.25, 0.3) is 0 Å². The molecule has 5 heteroatoms. The van der Waals surface area contributed by atoms with Gasteiger partial charge < -0.3 is 11.1 Å². The zero-order chi connectivity index (χ0) is 14.4. The fourth-order valence-electron chi connectivity index (χ4n) is 1.80. The summed E-state index contributed by atoms with van der Waals surface area (Å²) in [5, 5.41) is 13.9. The van der Waals surface area contributed by atoms with Crippen molar-refractivity contribution in [3.05, 3.63) is 52.9 Å². The highest BCUT2D eigenvalue weighted by atomic mass is 32.1. The third-order valence-corrected chi connectivity index (χ3v) is 3.78. The minimum absolute atomic E-state index is 0.250. The van der Waals surface area contributed by atoms with Gasteiger partial charge in [0.1, 0.15) is 11.1 Å². The molecule has 0 saturated carbocycles. The highest BCUT2D eigenvalue weighted by molar-refractivity contribution is 7.14. The Balaban J connectivity index is 1.88. The number of amides is 1. The SMILES string of the molecule is N#Cc1ccsc1NC(=O)C(N)CCc1ccccc1. The van der Waals surface area contributed by atoms with Crippen molar-refractivity contribution in [1.29, 1.82) is 5.26 Å². The van der Waals surface area contributed by atoms with E-state index in [0.717, 1.165) is 12.0 Å². The Hall–Kier alpha value is -2.16. The van der Waals surface area contributed by atoms with E-state index in [2.05, 4.69) is 5.32 Å². The van der Waals surface area contributed by atoms with Gasteiger partial charge in [0.25, 0.3) is 0 Å². The lowest BCUT2D eigenvalue weighted by molar-refractivity contribution is -0.117. The summed E-state index contributed by atoms with van der Waals surface area (Å²) in [5.74, 6) is -0.250. The monoisotopic (exact) mass is 285 g/mol. The molecule has 1 atom stereocenters. The third kappa shape index (κ3) is 3.67. The molecule has 1 aromatic carbocycles. The molecular weight excluding hydrogens is 270 g/mol. The van der Waals surface area contributed by atoms with Crippen LogP contribution >= 0.6 is 11.3 Å². The van der Waals surface area contributed by atoms with Crippen molar-refractivity contribution in [3.63, 3.8) is 0 Å². The Bertz CT molecular complexity index is 616. The van der Waals surface area contributed by atoms with E-state index in [1.807, 2.05) is 36.4 Å². The van der Waals surface area contributed by atoms with Gasteiger partial charge in [0.15, 0.2) is 0 Å². The van der Waals surface area contributed by atoms with E-state index in [-0.39, 0.29) is 5.91 Å². The van der Waals surface area contributed by atoms with Crippen LogP contribution in [0.15, 0.2) is 41.8 Å². The largest absolute Gasteiger partial charge is 0.320 e. The molecule has 0 saturated heterocycles. The maximum atomic E-state index is 12.0. The Morgan fingerprint density at radius 1 is 1.35 bits per heavy atom. The first-order valence-corrected chi connectivity index (χ1v) is 7.16. The van der Waals surface area contributed by atoms with Crippen molar-refractivity contribution >= 4 is 22.2 Å². The van der Waals surface area contributed by atoms with E-state index in [0.29, 0.717) is 17.0 Å². The molecule has 0 radical (unpaired) electrons. The van der Waals surface area contributed by atoms with Crippen LogP contribution in [-0.2, 0) is 11.2 Å². The third-order valence-electron chi connectivity index (χ3n) is 2.95. The molecule has 1 amide bonds. The number of hydrogen-bond acceptors (Lipinski definition) is 4. The first kappa shape index (κ1) is 14.3. The summed E-state index contributed by atoms with van der Waals surface area (Å²) in [6.45, 7) is 0. The molecule has 2 aromatic rings. The maximum absolute atomic E-state index is 12.0. The number of thiophene rings is 1. The minimum atomic E-state index is -0.580. The lowest BCUT2D eigenvalue weighted by Gasteiger charge is -2.11. The van der Waals surface area contributed by atoms with Gasteiger partial charge in [-0.1, -0.05) is 30.3 Å². The van der Waals surface area contributed by atoms with Crippen molar-refractivity contribution in [2.24, 2.45) is 5.73 Å². The molecule has 0 aliphatic rings. The zero-order valence-electron chi connectivity index (χ0n) is 10.9. The molecule has 4 nitrogen and oxygen atoms in total. The summed E-state index contributed by atoms with van der Waals surface area (Å²) in [6, 6.07) is 13.0. The molecule has 2 rings (SSSR count). The average Bonchev–Trinajstić information content (AvgIpc) is 2.93. The second-order valence-electron chi connectivity index (χ2n) is 4.40. The molecule has 102 valence electrons. The van der Waals surface area contributed by atoms with Crippen molar-refractivity contribution < 1.29 is 4.79 Å². The number of rotatable bonds is 5. The van der Waals surface area contributed by atoms with E-state index in [9.17, 15) is 4.79 Å². The van der Waals surface area contributed by atoms with Gasteiger partial charge in [-0.3, -0.25) is 4.79 Å². The average molecular weight is 285 g/mol. The standard InChI is InChI=1S/C15H15N3OS/c16-10-12-8-9-20-15(12)18-14(19)13(17)7-6-11-4-2-1-3-5-11/h1-5,8-9,13H,6-7,17H2,(H,18,19). The first-order chi connectivity index (χ1) is 9.70. The van der Waals surface area contributed by atoms with Gasteiger partial charge in [-0.25, -0.2) is 0 Å². The summed E-state index contributed by atoms with van der Waals surface area (Å²) < 4.78 is 0. The highest BCUT2D eigenvalue weighted by Gasteiger charge is 2.15. The topological polar surface area (TPSA) is 78.9 Å². The summed E-state index contributed by atoms with van der Waals surface area (Å²) in [6.07, 6.45) is 1.33. The van der Waals surface area contributed by atoms with Crippen molar-refractivity contribution in [2.45, 2.75) is 18.9 Å². The summed E-state index contributed by atoms with van der Waals surface area (Å²) in [4.78, 5) is 12.0. The molecule has 0 bridgehead atoms. The van der Waals surface area contributed by atoms with Gasteiger partial charge in [-0.15, -0.1) is 11.3 Å². The molecular formula is C15H15N3OS. The van der Waals surface area contributed by atoms with Crippen LogP contribution in [0, 0.1) is 11.3 Å². The number of nitrogens with two attached hydrogens (primary N) is 1. The fraction of sp³-hybridized carbons (Fsp3) is 0.200. The Morgan fingerprint density at radius 3 is 2.80 bits per heavy atom. The van der Waals surface area contributed by atoms with Crippen LogP contribution in [0.2, 0.25) is 0 Å². The zero-order valence-corrected chi connectivity index (χ0v) is 11.7. The molecule has 0 aliphatic carbocycles. The molecule has 0 fully saturated rings. The fourth-order valence-corrected chi connectivity index (χ4v) is 2.54. The van der Waals surface area contributed by atoms with Gasteiger partial charge in [0.05, 0.1) is 11.6 Å². The second-order valence-corrected chi connectivity index (χ2v) is 5.31. The second kappa shape index (κ2) is 6.85. The number of hydrogen-bond donors (Lipinski definition) is 2. The lowest BCUT2D eigenvalue weighted by atomic mass is 10.1. The van der Waals surface area contributed by atoms with Crippen LogP contribution in [0.1, 0.15) is 17.5 Å². The van der Waals surface area contributed by atoms with Crippen LogP contribution < -0.4 is 11.1 Å². The summed E-state index contributed by atoms with van der Waals surface area (Å²) in [7, 11) is 0. The predicted molar refractivity (Wildman–Crippen MR) is 80.4 cm³/mol. The predicted octanol–water partition coefficient (Wildman–Crippen LogP) is 2.52. The number of anilines is 1. The van der Waals surface area contributed by atoms with Gasteiger partial charge in [-0.05, 0) is 29.9 Å². The van der Waals surface area contributed by atoms with E-state index < -0.39 is 6.04 Å². The molecule has 1 heterocycles. The van der Waals surface area contributed by atoms with E-state index in [1.165, 1.54) is 11.3 Å². The number of carbonyl (C=O) groups excluding carboxylic acids is 1. The number of nitriles is 1. The molecule has 0 aliphatic heterocycles. The highest BCUT2D eigenvalue weighted by Crippen LogP contribution is 2.22. The smallest absolute Gasteiger partial charge is 0.241 e. The summed E-state index contributed by atoms with van der Waals surface area (Å²) >= 11 is 1.32. The molecule has 1 unspecified atom stereocenters. The van der Waals surface area contributed by atoms with E-state index >= 15 is 0 Å². The van der Waals surface area contributed by atoms with Gasteiger partial charge in [0.2, 0.25) is 5.91 Å². The van der Waals surface area contributed by atoms with E-state index in [4.69, 9.17) is 11.0 Å². The Kier molecular flexibility index (Phi) is 4.88. The normalized spacial score (nSPS) is 11.6. The molecule has 1 aromatic heterocycles. The van der Waals surface area contributed by atoms with Crippen LogP contribution in [-0.4, -0.2) is 11.9 Å². The Morgan fingerprint density at radius 2 is 2.10 bits per heavy atom. The van der Waals surface area contributed by atoms with Crippen molar-refractivity contribution in [3.8, 4) is 6.07 Å². The number of aryl methyl sites for hydroxylation is 1. The number of nitrogens with one attached hydrogen (secondary N) is 1. The number of benzene rings is 1. The quantitative estimate of drug-likeness (QED) is 0.886. The summed E-state index contributed by atoms with van der Waals surface area (Å²) in [5.41, 5.74) is 7.51. The van der Waals surface area contributed by atoms with Crippen LogP contribution in [0.3, 0.4) is 0 Å². The van der Waals surface area contributed by atoms with Gasteiger partial charge >= 0.3 is 0 Å². The van der Waals surface area contributed by atoms with Crippen LogP contribution in [0.4, 0.5) is 5.00 Å². The lowest BCUT2D eigenvalue weighted by Crippen LogP contribution is -2.35. The first-order valence-electron chi connectivity index (χ1n) is 6.28. The van der Waals surface area contributed by atoms with Crippen molar-refractivity contribution in [2.75, 3.05) is 5.32 Å². The molecule has 20 heavy (non-hydrogen) atoms. The number of nitrogens with zero attached hydrogens (tertiary/aromatic N) is 1. The van der Waals surface area contributed by atoms with Gasteiger partial charge in [-0.2, -0.15) is 5.26 Å². The minimum Gasteiger partial charge on any atom is -0.320 e. The van der Waals surface area contributed by atoms with Crippen LogP contribution in [0.5, 0.6) is 0 Å². The van der Waals surface area contributed by atoms with Gasteiger partial charge in [0, 0.05) is 0 Å². The molecule has 3 N–H and O–H groups in total. The van der Waals surface area contributed by atoms with Crippen molar-refractivity contribution in [1.82, 2.24) is 0 Å². The molecule has 0 spiro atoms.